The minimum Gasteiger partial charge on any atom is -0.381 e. The Morgan fingerprint density at radius 1 is 1.57 bits per heavy atom. The van der Waals surface area contributed by atoms with E-state index in [9.17, 15) is 9.18 Å². The normalized spacial score (nSPS) is 21.8. The van der Waals surface area contributed by atoms with Gasteiger partial charge in [-0.25, -0.2) is 4.39 Å². The second-order valence-corrected chi connectivity index (χ2v) is 5.28. The first-order valence-electron chi connectivity index (χ1n) is 6.56. The number of nitrogens with zero attached hydrogens (tertiary/aromatic N) is 1. The van der Waals surface area contributed by atoms with Crippen molar-refractivity contribution >= 4 is 29.9 Å². The molecule has 0 aliphatic carbocycles. The van der Waals surface area contributed by atoms with Gasteiger partial charge in [0.25, 0.3) is 5.91 Å². The molecule has 0 bridgehead atoms. The van der Waals surface area contributed by atoms with E-state index < -0.39 is 5.82 Å². The van der Waals surface area contributed by atoms with Gasteiger partial charge >= 0.3 is 0 Å². The average Bonchev–Trinajstić information content (AvgIpc) is 2.48. The van der Waals surface area contributed by atoms with Crippen molar-refractivity contribution in [1.82, 2.24) is 4.90 Å². The quantitative estimate of drug-likeness (QED) is 0.922. The molecule has 1 saturated heterocycles. The first-order valence-corrected chi connectivity index (χ1v) is 6.94. The van der Waals surface area contributed by atoms with Crippen LogP contribution in [0.2, 0.25) is 5.02 Å². The smallest absolute Gasteiger partial charge is 0.257 e. The van der Waals surface area contributed by atoms with E-state index in [0.717, 1.165) is 6.42 Å². The lowest BCUT2D eigenvalue weighted by Crippen LogP contribution is -2.51. The van der Waals surface area contributed by atoms with E-state index in [4.69, 9.17) is 22.1 Å². The Kier molecular flexibility index (Phi) is 6.87. The van der Waals surface area contributed by atoms with E-state index in [-0.39, 0.29) is 41.0 Å². The van der Waals surface area contributed by atoms with E-state index in [0.29, 0.717) is 19.5 Å². The maximum absolute atomic E-state index is 13.9. The minimum atomic E-state index is -0.677. The van der Waals surface area contributed by atoms with E-state index in [1.54, 1.807) is 18.1 Å². The molecule has 4 nitrogen and oxygen atoms in total. The predicted molar refractivity (Wildman–Crippen MR) is 82.6 cm³/mol. The Bertz CT molecular complexity index is 502. The molecule has 118 valence electrons. The molecule has 0 radical (unpaired) electrons. The summed E-state index contributed by atoms with van der Waals surface area (Å²) in [7, 11) is 1.65. The number of nitrogens with two attached hydrogens (primary N) is 1. The van der Waals surface area contributed by atoms with Crippen molar-refractivity contribution < 1.29 is 13.9 Å². The van der Waals surface area contributed by atoms with Crippen LogP contribution in [0.25, 0.3) is 0 Å². The van der Waals surface area contributed by atoms with Gasteiger partial charge < -0.3 is 15.4 Å². The predicted octanol–water partition coefficient (Wildman–Crippen LogP) is 2.48. The van der Waals surface area contributed by atoms with Gasteiger partial charge in [-0.05, 0) is 25.0 Å². The number of carbonyl (C=O) groups is 1. The molecule has 2 rings (SSSR count). The average molecular weight is 337 g/mol. The zero-order valence-corrected chi connectivity index (χ0v) is 13.3. The number of hydrogen-bond donors (Lipinski definition) is 1. The number of benzene rings is 1. The molecule has 7 heteroatoms. The van der Waals surface area contributed by atoms with Crippen LogP contribution in [0, 0.1) is 5.82 Å². The lowest BCUT2D eigenvalue weighted by molar-refractivity contribution is 0.0137. The first-order chi connectivity index (χ1) is 9.58. The highest BCUT2D eigenvalue weighted by Gasteiger charge is 2.32. The third kappa shape index (κ3) is 3.86. The van der Waals surface area contributed by atoms with Crippen molar-refractivity contribution in [3.05, 3.63) is 34.6 Å². The molecule has 1 aromatic rings. The van der Waals surface area contributed by atoms with Crippen molar-refractivity contribution in [1.29, 1.82) is 0 Å². The van der Waals surface area contributed by atoms with Crippen molar-refractivity contribution in [3.8, 4) is 0 Å². The molecule has 0 saturated carbocycles. The van der Waals surface area contributed by atoms with E-state index in [2.05, 4.69) is 0 Å². The zero-order chi connectivity index (χ0) is 14.7. The largest absolute Gasteiger partial charge is 0.381 e. The van der Waals surface area contributed by atoms with Gasteiger partial charge in [-0.2, -0.15) is 0 Å². The number of halogens is 3. The minimum absolute atomic E-state index is 0. The summed E-state index contributed by atoms with van der Waals surface area (Å²) in [5.74, 6) is -1.04. The topological polar surface area (TPSA) is 55.6 Å². The van der Waals surface area contributed by atoms with Crippen molar-refractivity contribution in [3.63, 3.8) is 0 Å². The Hall–Kier alpha value is -0.880. The summed E-state index contributed by atoms with van der Waals surface area (Å²) in [5, 5.41) is -0.0491. The van der Waals surface area contributed by atoms with Crippen LogP contribution in [0.1, 0.15) is 23.2 Å². The SMILES string of the molecule is COC1CCN(C(=O)c2cccc(Cl)c2F)C(CN)C1.Cl. The molecule has 1 aromatic carbocycles. The van der Waals surface area contributed by atoms with Gasteiger partial charge in [0.1, 0.15) is 0 Å². The molecule has 2 atom stereocenters. The lowest BCUT2D eigenvalue weighted by atomic mass is 9.98. The molecule has 0 aromatic heterocycles. The second kappa shape index (κ2) is 7.94. The third-order valence-electron chi connectivity index (χ3n) is 3.72. The Balaban J connectivity index is 0.00000220. The Morgan fingerprint density at radius 2 is 2.29 bits per heavy atom. The molecule has 2 unspecified atom stereocenters. The Morgan fingerprint density at radius 3 is 2.90 bits per heavy atom. The van der Waals surface area contributed by atoms with Crippen LogP contribution in [-0.4, -0.2) is 43.2 Å². The van der Waals surface area contributed by atoms with Gasteiger partial charge in [0, 0.05) is 26.2 Å². The third-order valence-corrected chi connectivity index (χ3v) is 4.01. The zero-order valence-electron chi connectivity index (χ0n) is 11.7. The summed E-state index contributed by atoms with van der Waals surface area (Å²) < 4.78 is 19.3. The number of hydrogen-bond acceptors (Lipinski definition) is 3. The number of likely N-dealkylation sites (tertiary alicyclic amines) is 1. The van der Waals surface area contributed by atoms with Crippen LogP contribution < -0.4 is 5.73 Å². The summed E-state index contributed by atoms with van der Waals surface area (Å²) in [4.78, 5) is 14.1. The van der Waals surface area contributed by atoms with Crippen LogP contribution in [0.15, 0.2) is 18.2 Å². The number of ether oxygens (including phenoxy) is 1. The lowest BCUT2D eigenvalue weighted by Gasteiger charge is -2.38. The molecule has 1 aliphatic rings. The molecule has 1 aliphatic heterocycles. The van der Waals surface area contributed by atoms with Gasteiger partial charge in [0.05, 0.1) is 16.7 Å². The number of carbonyl (C=O) groups excluding carboxylic acids is 1. The first kappa shape index (κ1) is 18.2. The van der Waals surface area contributed by atoms with Gasteiger partial charge in [-0.15, -0.1) is 12.4 Å². The van der Waals surface area contributed by atoms with E-state index >= 15 is 0 Å². The summed E-state index contributed by atoms with van der Waals surface area (Å²) in [5.41, 5.74) is 5.72. The highest BCUT2D eigenvalue weighted by Crippen LogP contribution is 2.24. The maximum atomic E-state index is 13.9. The number of rotatable bonds is 3. The molecule has 1 amide bonds. The highest BCUT2D eigenvalue weighted by molar-refractivity contribution is 6.31. The van der Waals surface area contributed by atoms with Crippen LogP contribution in [0.3, 0.4) is 0 Å². The number of methoxy groups -OCH3 is 1. The van der Waals surface area contributed by atoms with Gasteiger partial charge in [0.15, 0.2) is 5.82 Å². The van der Waals surface area contributed by atoms with Gasteiger partial charge in [0.2, 0.25) is 0 Å². The molecular formula is C14H19Cl2FN2O2. The Labute approximate surface area is 134 Å². The fourth-order valence-electron chi connectivity index (χ4n) is 2.54. The molecule has 1 heterocycles. The second-order valence-electron chi connectivity index (χ2n) is 4.87. The summed E-state index contributed by atoms with van der Waals surface area (Å²) in [6.45, 7) is 0.832. The fraction of sp³-hybridized carbons (Fsp3) is 0.500. The molecule has 0 spiro atoms. The van der Waals surface area contributed by atoms with Crippen molar-refractivity contribution in [2.45, 2.75) is 25.0 Å². The van der Waals surface area contributed by atoms with E-state index in [1.807, 2.05) is 0 Å². The molecular weight excluding hydrogens is 318 g/mol. The maximum Gasteiger partial charge on any atom is 0.257 e. The summed E-state index contributed by atoms with van der Waals surface area (Å²) >= 11 is 5.72. The van der Waals surface area contributed by atoms with E-state index in [1.165, 1.54) is 12.1 Å². The number of piperidine rings is 1. The van der Waals surface area contributed by atoms with Gasteiger partial charge in [-0.3, -0.25) is 4.79 Å². The van der Waals surface area contributed by atoms with Crippen LogP contribution in [-0.2, 0) is 4.74 Å². The van der Waals surface area contributed by atoms with Gasteiger partial charge in [-0.1, -0.05) is 17.7 Å². The molecule has 2 N–H and O–H groups in total. The highest BCUT2D eigenvalue weighted by atomic mass is 35.5. The summed E-state index contributed by atoms with van der Waals surface area (Å²) in [6.07, 6.45) is 1.48. The summed E-state index contributed by atoms with van der Waals surface area (Å²) in [6, 6.07) is 4.29. The standard InChI is InChI=1S/C14H18ClFN2O2.ClH/c1-20-10-5-6-18(9(7-10)8-17)14(19)11-3-2-4-12(15)13(11)16;/h2-4,9-10H,5-8,17H2,1H3;1H. The van der Waals surface area contributed by atoms with Crippen LogP contribution in [0.4, 0.5) is 4.39 Å². The molecule has 1 fully saturated rings. The molecule has 21 heavy (non-hydrogen) atoms. The van der Waals surface area contributed by atoms with Crippen molar-refractivity contribution in [2.75, 3.05) is 20.2 Å². The van der Waals surface area contributed by atoms with Crippen LogP contribution in [0.5, 0.6) is 0 Å². The number of amides is 1. The monoisotopic (exact) mass is 336 g/mol. The van der Waals surface area contributed by atoms with Crippen molar-refractivity contribution in [2.24, 2.45) is 5.73 Å². The fourth-order valence-corrected chi connectivity index (χ4v) is 2.72. The van der Waals surface area contributed by atoms with Crippen LogP contribution >= 0.6 is 24.0 Å².